The summed E-state index contributed by atoms with van der Waals surface area (Å²) >= 11 is 0. The van der Waals surface area contributed by atoms with Crippen molar-refractivity contribution in [3.8, 4) is 5.75 Å². The first-order valence-electron chi connectivity index (χ1n) is 6.70. The van der Waals surface area contributed by atoms with E-state index in [0.29, 0.717) is 0 Å². The molecule has 0 saturated carbocycles. The molecule has 0 aliphatic carbocycles. The van der Waals surface area contributed by atoms with Gasteiger partial charge in [0.2, 0.25) is 0 Å². The van der Waals surface area contributed by atoms with Gasteiger partial charge in [0.05, 0.1) is 12.3 Å². The molecule has 0 spiro atoms. The topological polar surface area (TPSA) is 34.4 Å². The number of benzene rings is 1. The van der Waals surface area contributed by atoms with Crippen LogP contribution in [0.3, 0.4) is 0 Å². The van der Waals surface area contributed by atoms with Gasteiger partial charge in [-0.1, -0.05) is 18.2 Å². The minimum atomic E-state index is -0.215. The molecule has 3 heteroatoms. The molecule has 0 fully saturated rings. The van der Waals surface area contributed by atoms with Gasteiger partial charge in [-0.2, -0.15) is 0 Å². The lowest BCUT2D eigenvalue weighted by molar-refractivity contribution is 0.0966. The van der Waals surface area contributed by atoms with E-state index in [4.69, 9.17) is 9.15 Å². The normalized spacial score (nSPS) is 20.0. The van der Waals surface area contributed by atoms with Gasteiger partial charge < -0.3 is 14.5 Å². The summed E-state index contributed by atoms with van der Waals surface area (Å²) in [5.41, 5.74) is 1.03. The molecule has 0 bridgehead atoms. The van der Waals surface area contributed by atoms with E-state index >= 15 is 0 Å². The zero-order chi connectivity index (χ0) is 13.3. The average molecular weight is 257 g/mol. The fourth-order valence-corrected chi connectivity index (χ4v) is 2.68. The van der Waals surface area contributed by atoms with Crippen molar-refractivity contribution in [3.63, 3.8) is 0 Å². The Morgan fingerprint density at radius 1 is 1.16 bits per heavy atom. The monoisotopic (exact) mass is 257 g/mol. The van der Waals surface area contributed by atoms with Gasteiger partial charge in [-0.3, -0.25) is 0 Å². The predicted octanol–water partition coefficient (Wildman–Crippen LogP) is 3.32. The van der Waals surface area contributed by atoms with Gasteiger partial charge in [-0.15, -0.1) is 0 Å². The van der Waals surface area contributed by atoms with Crippen LogP contribution in [0.5, 0.6) is 5.75 Å². The van der Waals surface area contributed by atoms with Gasteiger partial charge in [-0.25, -0.2) is 0 Å². The van der Waals surface area contributed by atoms with Crippen LogP contribution in [-0.4, -0.2) is 12.1 Å². The summed E-state index contributed by atoms with van der Waals surface area (Å²) in [4.78, 5) is 0. The molecule has 1 unspecified atom stereocenters. The molecule has 0 radical (unpaired) electrons. The first-order valence-corrected chi connectivity index (χ1v) is 6.70. The van der Waals surface area contributed by atoms with Crippen LogP contribution in [0.1, 0.15) is 31.2 Å². The second kappa shape index (κ2) is 4.74. The Labute approximate surface area is 113 Å². The van der Waals surface area contributed by atoms with Crippen LogP contribution >= 0.6 is 0 Å². The molecule has 0 amide bonds. The average Bonchev–Trinajstić information content (AvgIpc) is 2.96. The second-order valence-electron chi connectivity index (χ2n) is 5.46. The van der Waals surface area contributed by atoms with Gasteiger partial charge in [0.15, 0.2) is 0 Å². The molecular formula is C16H19NO2. The Bertz CT molecular complexity index is 546. The Morgan fingerprint density at radius 2 is 2.00 bits per heavy atom. The van der Waals surface area contributed by atoms with Crippen molar-refractivity contribution in [2.45, 2.75) is 31.9 Å². The van der Waals surface area contributed by atoms with E-state index in [-0.39, 0.29) is 11.6 Å². The van der Waals surface area contributed by atoms with Crippen molar-refractivity contribution < 1.29 is 9.15 Å². The van der Waals surface area contributed by atoms with Crippen molar-refractivity contribution in [3.05, 3.63) is 54.0 Å². The number of hydrogen-bond acceptors (Lipinski definition) is 3. The number of fused-ring (bicyclic) bond motifs is 1. The molecule has 100 valence electrons. The van der Waals surface area contributed by atoms with Crippen LogP contribution in [-0.2, 0) is 6.42 Å². The van der Waals surface area contributed by atoms with Crippen LogP contribution in [0.4, 0.5) is 0 Å². The van der Waals surface area contributed by atoms with Crippen molar-refractivity contribution in [1.29, 1.82) is 0 Å². The number of furan rings is 1. The largest absolute Gasteiger partial charge is 0.486 e. The minimum absolute atomic E-state index is 0.215. The highest BCUT2D eigenvalue weighted by Gasteiger charge is 2.40. The van der Waals surface area contributed by atoms with E-state index in [0.717, 1.165) is 24.5 Å². The molecule has 2 aromatic rings. The predicted molar refractivity (Wildman–Crippen MR) is 74.3 cm³/mol. The third-order valence-electron chi connectivity index (χ3n) is 3.60. The van der Waals surface area contributed by atoms with E-state index in [9.17, 15) is 0 Å². The number of hydrogen-bond donors (Lipinski definition) is 1. The first kappa shape index (κ1) is 12.3. The Hall–Kier alpha value is -1.74. The summed E-state index contributed by atoms with van der Waals surface area (Å²) in [6.45, 7) is 5.12. The van der Waals surface area contributed by atoms with Crippen LogP contribution in [0.25, 0.3) is 0 Å². The van der Waals surface area contributed by atoms with E-state index in [1.165, 1.54) is 5.56 Å². The third-order valence-corrected chi connectivity index (χ3v) is 3.60. The fraction of sp³-hybridized carbons (Fsp3) is 0.375. The molecular weight excluding hydrogens is 238 g/mol. The maximum atomic E-state index is 6.01. The molecule has 19 heavy (non-hydrogen) atoms. The molecule has 1 N–H and O–H groups in total. The van der Waals surface area contributed by atoms with E-state index in [1.807, 2.05) is 24.3 Å². The lowest BCUT2D eigenvalue weighted by Gasteiger charge is -2.27. The zero-order valence-electron chi connectivity index (χ0n) is 11.3. The fourth-order valence-electron chi connectivity index (χ4n) is 2.68. The van der Waals surface area contributed by atoms with Crippen LogP contribution in [0.15, 0.2) is 47.1 Å². The lowest BCUT2D eigenvalue weighted by atomic mass is 9.94. The molecule has 0 saturated heterocycles. The molecule has 1 aromatic heterocycles. The molecule has 2 heterocycles. The van der Waals surface area contributed by atoms with Crippen molar-refractivity contribution in [1.82, 2.24) is 5.32 Å². The van der Waals surface area contributed by atoms with Crippen LogP contribution < -0.4 is 10.1 Å². The van der Waals surface area contributed by atoms with Crippen molar-refractivity contribution in [2.24, 2.45) is 0 Å². The number of ether oxygens (including phenoxy) is 1. The highest BCUT2D eigenvalue weighted by atomic mass is 16.5. The molecule has 3 rings (SSSR count). The number of para-hydroxylation sites is 1. The highest BCUT2D eigenvalue weighted by molar-refractivity contribution is 5.42. The third kappa shape index (κ3) is 2.38. The standard InChI is InChI=1S/C16H19NO2/c1-16(2)15(13-7-3-4-8-14(13)19-16)17-10-9-12-6-5-11-18-12/h3-8,11,15,17H,9-10H2,1-2H3. The maximum Gasteiger partial charge on any atom is 0.125 e. The molecule has 1 aliphatic rings. The highest BCUT2D eigenvalue weighted by Crippen LogP contribution is 2.42. The summed E-state index contributed by atoms with van der Waals surface area (Å²) < 4.78 is 11.4. The first-order chi connectivity index (χ1) is 9.17. The number of rotatable bonds is 4. The summed E-state index contributed by atoms with van der Waals surface area (Å²) in [6.07, 6.45) is 2.61. The SMILES string of the molecule is CC1(C)Oc2ccccc2C1NCCc1ccco1. The summed E-state index contributed by atoms with van der Waals surface area (Å²) in [5, 5.41) is 3.58. The Balaban J connectivity index is 1.69. The van der Waals surface area contributed by atoms with Gasteiger partial charge in [0, 0.05) is 18.5 Å². The van der Waals surface area contributed by atoms with E-state index < -0.39 is 0 Å². The molecule has 1 atom stereocenters. The second-order valence-corrected chi connectivity index (χ2v) is 5.46. The summed E-state index contributed by atoms with van der Waals surface area (Å²) in [6, 6.07) is 12.4. The maximum absolute atomic E-state index is 6.01. The number of nitrogens with one attached hydrogen (secondary N) is 1. The summed E-state index contributed by atoms with van der Waals surface area (Å²) in [7, 11) is 0. The quantitative estimate of drug-likeness (QED) is 0.912. The minimum Gasteiger partial charge on any atom is -0.486 e. The molecule has 1 aliphatic heterocycles. The van der Waals surface area contributed by atoms with E-state index in [2.05, 4.69) is 31.3 Å². The summed E-state index contributed by atoms with van der Waals surface area (Å²) in [5.74, 6) is 2.00. The van der Waals surface area contributed by atoms with E-state index in [1.54, 1.807) is 6.26 Å². The van der Waals surface area contributed by atoms with Gasteiger partial charge in [0.25, 0.3) is 0 Å². The van der Waals surface area contributed by atoms with Gasteiger partial charge in [0.1, 0.15) is 17.1 Å². The lowest BCUT2D eigenvalue weighted by Crippen LogP contribution is -2.39. The molecule has 1 aromatic carbocycles. The van der Waals surface area contributed by atoms with Gasteiger partial charge in [-0.05, 0) is 32.0 Å². The Kier molecular flexibility index (Phi) is 3.07. The smallest absolute Gasteiger partial charge is 0.125 e. The zero-order valence-corrected chi connectivity index (χ0v) is 11.3. The Morgan fingerprint density at radius 3 is 2.79 bits per heavy atom. The van der Waals surface area contributed by atoms with Crippen LogP contribution in [0, 0.1) is 0 Å². The van der Waals surface area contributed by atoms with Crippen molar-refractivity contribution in [2.75, 3.05) is 6.54 Å². The van der Waals surface area contributed by atoms with Crippen molar-refractivity contribution >= 4 is 0 Å². The van der Waals surface area contributed by atoms with Gasteiger partial charge >= 0.3 is 0 Å². The van der Waals surface area contributed by atoms with Crippen LogP contribution in [0.2, 0.25) is 0 Å². The molecule has 3 nitrogen and oxygen atoms in total.